The van der Waals surface area contributed by atoms with Crippen LogP contribution in [0.25, 0.3) is 0 Å². The van der Waals surface area contributed by atoms with Gasteiger partial charge in [0, 0.05) is 30.1 Å². The number of amidine groups is 1. The summed E-state index contributed by atoms with van der Waals surface area (Å²) in [5.41, 5.74) is 0.446. The fraction of sp³-hybridized carbons (Fsp3) is 0.867. The van der Waals surface area contributed by atoms with Crippen molar-refractivity contribution in [3.8, 4) is 0 Å². The van der Waals surface area contributed by atoms with Gasteiger partial charge >= 0.3 is 0 Å². The van der Waals surface area contributed by atoms with Crippen LogP contribution < -0.4 is 5.32 Å². The maximum Gasteiger partial charge on any atom is 0.124 e. The highest BCUT2D eigenvalue weighted by molar-refractivity contribution is 5.93. The Bertz CT molecular complexity index is 342. The molecule has 0 saturated heterocycles. The number of nitrogens with zero attached hydrogens (tertiary/aromatic N) is 2. The highest BCUT2D eigenvalue weighted by Gasteiger charge is 2.37. The summed E-state index contributed by atoms with van der Waals surface area (Å²) in [6.45, 7) is 17.3. The molecule has 1 aliphatic rings. The highest BCUT2D eigenvalue weighted by atomic mass is 15.0. The average molecular weight is 251 g/mol. The molecule has 1 N–H and O–H groups in total. The van der Waals surface area contributed by atoms with Gasteiger partial charge in [-0.15, -0.1) is 0 Å². The maximum absolute atomic E-state index is 4.65. The molecule has 0 saturated carbocycles. The van der Waals surface area contributed by atoms with Gasteiger partial charge in [-0.25, -0.2) is 4.99 Å². The highest BCUT2D eigenvalue weighted by Crippen LogP contribution is 2.38. The lowest BCUT2D eigenvalue weighted by Crippen LogP contribution is -2.40. The largest absolute Gasteiger partial charge is 0.312 e. The molecule has 0 amide bonds. The molecule has 0 aromatic carbocycles. The molecule has 1 heterocycles. The number of nitrogens with one attached hydrogen (secondary N) is 1. The number of hydrogen-bond donors (Lipinski definition) is 1. The summed E-state index contributed by atoms with van der Waals surface area (Å²) >= 11 is 0. The summed E-state index contributed by atoms with van der Waals surface area (Å²) in [5, 5.41) is 3.47. The third-order valence-electron chi connectivity index (χ3n) is 3.81. The lowest BCUT2D eigenvalue weighted by molar-refractivity contribution is 0.206. The summed E-state index contributed by atoms with van der Waals surface area (Å²) in [4.78, 5) is 9.20. The quantitative estimate of drug-likeness (QED) is 0.821. The molecule has 3 heteroatoms. The summed E-state index contributed by atoms with van der Waals surface area (Å²) in [5.74, 6) is 0.980. The van der Waals surface area contributed by atoms with Gasteiger partial charge in [0.2, 0.25) is 0 Å². The van der Waals surface area contributed by atoms with Crippen molar-refractivity contribution >= 4 is 12.1 Å². The molecule has 0 aromatic rings. The van der Waals surface area contributed by atoms with Crippen LogP contribution >= 0.6 is 0 Å². The van der Waals surface area contributed by atoms with E-state index in [1.54, 1.807) is 0 Å². The molecular formula is C15H29N3. The first kappa shape index (κ1) is 15.4. The Morgan fingerprint density at radius 3 is 2.22 bits per heavy atom. The molecule has 18 heavy (non-hydrogen) atoms. The second-order valence-electron chi connectivity index (χ2n) is 7.58. The molecule has 1 aliphatic heterocycles. The van der Waals surface area contributed by atoms with Gasteiger partial charge in [0.05, 0.1) is 6.54 Å². The monoisotopic (exact) mass is 251 g/mol. The van der Waals surface area contributed by atoms with Crippen molar-refractivity contribution in [1.82, 2.24) is 5.32 Å². The van der Waals surface area contributed by atoms with Crippen LogP contribution in [0, 0.1) is 10.8 Å². The van der Waals surface area contributed by atoms with E-state index in [4.69, 9.17) is 0 Å². The molecular weight excluding hydrogens is 222 g/mol. The van der Waals surface area contributed by atoms with Crippen molar-refractivity contribution in [1.29, 1.82) is 0 Å². The third-order valence-corrected chi connectivity index (χ3v) is 3.81. The van der Waals surface area contributed by atoms with E-state index in [9.17, 15) is 0 Å². The Labute approximate surface area is 112 Å². The van der Waals surface area contributed by atoms with Crippen LogP contribution in [0.15, 0.2) is 9.98 Å². The van der Waals surface area contributed by atoms with E-state index in [0.29, 0.717) is 0 Å². The van der Waals surface area contributed by atoms with Crippen LogP contribution in [-0.4, -0.2) is 30.7 Å². The number of hydrogen-bond acceptors (Lipinski definition) is 3. The predicted molar refractivity (Wildman–Crippen MR) is 80.7 cm³/mol. The van der Waals surface area contributed by atoms with Gasteiger partial charge in [-0.1, -0.05) is 27.7 Å². The van der Waals surface area contributed by atoms with Gasteiger partial charge in [0.25, 0.3) is 0 Å². The minimum absolute atomic E-state index is 0.0773. The summed E-state index contributed by atoms with van der Waals surface area (Å²) in [6.07, 6.45) is 3.01. The minimum atomic E-state index is 0.0773. The van der Waals surface area contributed by atoms with Gasteiger partial charge < -0.3 is 5.32 Å². The molecule has 3 nitrogen and oxygen atoms in total. The average Bonchev–Trinajstić information content (AvgIpc) is 2.17. The van der Waals surface area contributed by atoms with Crippen molar-refractivity contribution in [3.63, 3.8) is 0 Å². The van der Waals surface area contributed by atoms with Crippen molar-refractivity contribution in [2.24, 2.45) is 20.8 Å². The van der Waals surface area contributed by atoms with Crippen LogP contribution in [0.4, 0.5) is 0 Å². The first-order chi connectivity index (χ1) is 8.04. The molecule has 0 spiro atoms. The zero-order valence-corrected chi connectivity index (χ0v) is 13.1. The Morgan fingerprint density at radius 2 is 1.83 bits per heavy atom. The van der Waals surface area contributed by atoms with E-state index < -0.39 is 0 Å². The smallest absolute Gasteiger partial charge is 0.124 e. The lowest BCUT2D eigenvalue weighted by Gasteiger charge is -2.39. The Kier molecular flexibility index (Phi) is 4.37. The molecule has 1 unspecified atom stereocenters. The van der Waals surface area contributed by atoms with Crippen molar-refractivity contribution < 1.29 is 0 Å². The van der Waals surface area contributed by atoms with E-state index in [-0.39, 0.29) is 16.4 Å². The van der Waals surface area contributed by atoms with E-state index in [2.05, 4.69) is 70.0 Å². The fourth-order valence-corrected chi connectivity index (χ4v) is 1.68. The van der Waals surface area contributed by atoms with Crippen LogP contribution in [-0.2, 0) is 0 Å². The van der Waals surface area contributed by atoms with Gasteiger partial charge in [0.15, 0.2) is 0 Å². The third kappa shape index (κ3) is 4.20. The normalized spacial score (nSPS) is 25.2. The molecule has 0 bridgehead atoms. The maximum atomic E-state index is 4.65. The van der Waals surface area contributed by atoms with Crippen molar-refractivity contribution in [3.05, 3.63) is 0 Å². The summed E-state index contributed by atoms with van der Waals surface area (Å²) in [7, 11) is 0. The lowest BCUT2D eigenvalue weighted by atomic mass is 9.68. The predicted octanol–water partition coefficient (Wildman–Crippen LogP) is 3.30. The molecule has 1 rings (SSSR count). The zero-order valence-electron chi connectivity index (χ0n) is 13.1. The van der Waals surface area contributed by atoms with Crippen molar-refractivity contribution in [2.45, 2.75) is 60.4 Å². The Balaban J connectivity index is 2.49. The molecule has 1 atom stereocenters. The van der Waals surface area contributed by atoms with E-state index >= 15 is 0 Å². The number of rotatable bonds is 3. The summed E-state index contributed by atoms with van der Waals surface area (Å²) < 4.78 is 0. The first-order valence-electron chi connectivity index (χ1n) is 6.87. The van der Waals surface area contributed by atoms with Crippen LogP contribution in [0.5, 0.6) is 0 Å². The van der Waals surface area contributed by atoms with Crippen LogP contribution in [0.2, 0.25) is 0 Å². The SMILES string of the molecule is CC(C)(C)NCCC1=NCC(C)(C(C)(C)C)C=N1. The van der Waals surface area contributed by atoms with Crippen molar-refractivity contribution in [2.75, 3.05) is 13.1 Å². The molecule has 0 radical (unpaired) electrons. The van der Waals surface area contributed by atoms with Gasteiger partial charge in [-0.05, 0) is 26.2 Å². The van der Waals surface area contributed by atoms with E-state index in [1.807, 2.05) is 0 Å². The van der Waals surface area contributed by atoms with E-state index in [1.165, 1.54) is 0 Å². The topological polar surface area (TPSA) is 36.8 Å². The van der Waals surface area contributed by atoms with Gasteiger partial charge in [-0.3, -0.25) is 4.99 Å². The molecule has 0 aromatic heterocycles. The van der Waals surface area contributed by atoms with Gasteiger partial charge in [-0.2, -0.15) is 0 Å². The second kappa shape index (κ2) is 5.12. The van der Waals surface area contributed by atoms with Crippen LogP contribution in [0.1, 0.15) is 54.9 Å². The number of aliphatic imine (C=N–C) groups is 2. The first-order valence-corrected chi connectivity index (χ1v) is 6.87. The van der Waals surface area contributed by atoms with Crippen LogP contribution in [0.3, 0.4) is 0 Å². The summed E-state index contributed by atoms with van der Waals surface area (Å²) in [6, 6.07) is 0. The zero-order chi connectivity index (χ0) is 14.0. The molecule has 0 aliphatic carbocycles. The van der Waals surface area contributed by atoms with E-state index in [0.717, 1.165) is 25.3 Å². The van der Waals surface area contributed by atoms with Gasteiger partial charge in [0.1, 0.15) is 5.84 Å². The second-order valence-corrected chi connectivity index (χ2v) is 7.58. The fourth-order valence-electron chi connectivity index (χ4n) is 1.68. The molecule has 104 valence electrons. The standard InChI is InChI=1S/C15H29N3/c1-13(2,3)15(7)10-16-12(17-11-15)8-9-18-14(4,5)6/h10,18H,8-9,11H2,1-7H3. The minimum Gasteiger partial charge on any atom is -0.312 e. The Hall–Kier alpha value is -0.700. The Morgan fingerprint density at radius 1 is 1.22 bits per heavy atom. The molecule has 0 fully saturated rings.